The number of rotatable bonds is 5. The number of aromatic carboxylic acids is 1. The zero-order valence-electron chi connectivity index (χ0n) is 12.0. The highest BCUT2D eigenvalue weighted by Gasteiger charge is 2.08. The number of carbonyl (C=O) groups is 1. The monoisotopic (exact) mass is 326 g/mol. The van der Waals surface area contributed by atoms with Gasteiger partial charge in [0.15, 0.2) is 0 Å². The van der Waals surface area contributed by atoms with Crippen molar-refractivity contribution in [3.8, 4) is 0 Å². The molecule has 3 rings (SSSR count). The van der Waals surface area contributed by atoms with Crippen LogP contribution >= 0.6 is 11.3 Å². The van der Waals surface area contributed by atoms with Crippen molar-refractivity contribution in [2.24, 2.45) is 5.73 Å². The highest BCUT2D eigenvalue weighted by molar-refractivity contribution is 7.18. The SMILES string of the molecule is N=C(N)c1ccc(NCc2nc3cc(C(=O)O)ccc3s2)cc1. The van der Waals surface area contributed by atoms with Crippen LogP contribution in [0.4, 0.5) is 5.69 Å². The smallest absolute Gasteiger partial charge is 0.335 e. The van der Waals surface area contributed by atoms with E-state index in [1.807, 2.05) is 12.1 Å². The van der Waals surface area contributed by atoms with Gasteiger partial charge in [0.2, 0.25) is 0 Å². The number of carboxylic acid groups (broad SMARTS) is 1. The number of benzene rings is 2. The second kappa shape index (κ2) is 6.05. The molecule has 0 spiro atoms. The minimum absolute atomic E-state index is 0.0388. The van der Waals surface area contributed by atoms with E-state index < -0.39 is 5.97 Å². The Balaban J connectivity index is 1.74. The highest BCUT2D eigenvalue weighted by atomic mass is 32.1. The zero-order valence-corrected chi connectivity index (χ0v) is 12.9. The Kier molecular flexibility index (Phi) is 3.94. The van der Waals surface area contributed by atoms with Crippen molar-refractivity contribution in [3.05, 3.63) is 58.6 Å². The molecular formula is C16H14N4O2S. The van der Waals surface area contributed by atoms with Gasteiger partial charge in [-0.15, -0.1) is 11.3 Å². The van der Waals surface area contributed by atoms with Gasteiger partial charge in [0, 0.05) is 11.3 Å². The molecular weight excluding hydrogens is 312 g/mol. The minimum atomic E-state index is -0.954. The first-order chi connectivity index (χ1) is 11.0. The van der Waals surface area contributed by atoms with E-state index in [0.717, 1.165) is 15.4 Å². The summed E-state index contributed by atoms with van der Waals surface area (Å²) in [5.41, 5.74) is 7.93. The maximum Gasteiger partial charge on any atom is 0.335 e. The minimum Gasteiger partial charge on any atom is -0.478 e. The molecule has 0 saturated carbocycles. The summed E-state index contributed by atoms with van der Waals surface area (Å²) in [5.74, 6) is -0.915. The number of nitrogens with zero attached hydrogens (tertiary/aromatic N) is 1. The van der Waals surface area contributed by atoms with Crippen LogP contribution in [0.25, 0.3) is 10.2 Å². The van der Waals surface area contributed by atoms with Gasteiger partial charge in [0.25, 0.3) is 0 Å². The number of aromatic nitrogens is 1. The van der Waals surface area contributed by atoms with Crippen molar-refractivity contribution in [2.75, 3.05) is 5.32 Å². The Morgan fingerprint density at radius 1 is 1.22 bits per heavy atom. The topological polar surface area (TPSA) is 112 Å². The third-order valence-corrected chi connectivity index (χ3v) is 4.35. The Hall–Kier alpha value is -2.93. The largest absolute Gasteiger partial charge is 0.478 e. The summed E-state index contributed by atoms with van der Waals surface area (Å²) in [6.45, 7) is 0.543. The molecule has 0 saturated heterocycles. The van der Waals surface area contributed by atoms with Crippen LogP contribution in [0.5, 0.6) is 0 Å². The fourth-order valence-electron chi connectivity index (χ4n) is 2.13. The number of amidine groups is 1. The van der Waals surface area contributed by atoms with E-state index in [9.17, 15) is 4.79 Å². The van der Waals surface area contributed by atoms with E-state index in [2.05, 4.69) is 10.3 Å². The number of nitrogens with two attached hydrogens (primary N) is 1. The van der Waals surface area contributed by atoms with E-state index in [4.69, 9.17) is 16.2 Å². The first kappa shape index (κ1) is 15.0. The summed E-state index contributed by atoms with van der Waals surface area (Å²) < 4.78 is 0.957. The van der Waals surface area contributed by atoms with Crippen LogP contribution in [0.1, 0.15) is 20.9 Å². The summed E-state index contributed by atoms with van der Waals surface area (Å²) in [5, 5.41) is 20.5. The van der Waals surface area contributed by atoms with E-state index in [0.29, 0.717) is 17.6 Å². The summed E-state index contributed by atoms with van der Waals surface area (Å²) in [6.07, 6.45) is 0. The lowest BCUT2D eigenvalue weighted by Gasteiger charge is -2.05. The molecule has 0 unspecified atom stereocenters. The fourth-order valence-corrected chi connectivity index (χ4v) is 3.02. The number of hydrogen-bond donors (Lipinski definition) is 4. The predicted molar refractivity (Wildman–Crippen MR) is 91.4 cm³/mol. The van der Waals surface area contributed by atoms with Crippen LogP contribution in [0.2, 0.25) is 0 Å². The zero-order chi connectivity index (χ0) is 16.4. The van der Waals surface area contributed by atoms with Gasteiger partial charge in [-0.1, -0.05) is 0 Å². The highest BCUT2D eigenvalue weighted by Crippen LogP contribution is 2.24. The van der Waals surface area contributed by atoms with Gasteiger partial charge in [-0.05, 0) is 42.5 Å². The normalized spacial score (nSPS) is 10.6. The molecule has 0 bridgehead atoms. The summed E-state index contributed by atoms with van der Waals surface area (Å²) in [6, 6.07) is 12.2. The molecule has 1 aromatic heterocycles. The quantitative estimate of drug-likeness (QED) is 0.425. The Morgan fingerprint density at radius 3 is 2.57 bits per heavy atom. The van der Waals surface area contributed by atoms with E-state index in [1.165, 1.54) is 11.3 Å². The standard InChI is InChI=1S/C16H14N4O2S/c17-15(18)9-1-4-11(5-2-9)19-8-14-20-12-7-10(16(21)22)3-6-13(12)23-14/h1-7,19H,8H2,(H3,17,18)(H,21,22). The van der Waals surface area contributed by atoms with Crippen molar-refractivity contribution in [1.82, 2.24) is 4.98 Å². The molecule has 0 aliphatic carbocycles. The summed E-state index contributed by atoms with van der Waals surface area (Å²) in [4.78, 5) is 15.4. The summed E-state index contributed by atoms with van der Waals surface area (Å²) >= 11 is 1.52. The molecule has 0 atom stereocenters. The lowest BCUT2D eigenvalue weighted by molar-refractivity contribution is 0.0697. The molecule has 3 aromatic rings. The first-order valence-corrected chi connectivity index (χ1v) is 7.65. The van der Waals surface area contributed by atoms with Gasteiger partial charge in [-0.2, -0.15) is 0 Å². The average Bonchev–Trinajstić information content (AvgIpc) is 2.95. The maximum absolute atomic E-state index is 11.0. The molecule has 23 heavy (non-hydrogen) atoms. The third kappa shape index (κ3) is 3.29. The molecule has 2 aromatic carbocycles. The van der Waals surface area contributed by atoms with Crippen LogP contribution < -0.4 is 11.1 Å². The van der Waals surface area contributed by atoms with Crippen molar-refractivity contribution in [2.45, 2.75) is 6.54 Å². The Bertz CT molecular complexity index is 887. The number of carboxylic acids is 1. The number of thiazole rings is 1. The molecule has 0 amide bonds. The molecule has 5 N–H and O–H groups in total. The molecule has 1 heterocycles. The van der Waals surface area contributed by atoms with Gasteiger partial charge in [-0.3, -0.25) is 5.41 Å². The number of fused-ring (bicyclic) bond motifs is 1. The van der Waals surface area contributed by atoms with Crippen LogP contribution in [-0.4, -0.2) is 21.9 Å². The molecule has 0 aliphatic rings. The lowest BCUT2D eigenvalue weighted by atomic mass is 10.2. The van der Waals surface area contributed by atoms with Gasteiger partial charge >= 0.3 is 5.97 Å². The summed E-state index contributed by atoms with van der Waals surface area (Å²) in [7, 11) is 0. The van der Waals surface area contributed by atoms with Gasteiger partial charge < -0.3 is 16.2 Å². The van der Waals surface area contributed by atoms with E-state index in [1.54, 1.807) is 30.3 Å². The maximum atomic E-state index is 11.0. The number of nitrogen functional groups attached to an aromatic ring is 1. The number of nitrogens with one attached hydrogen (secondary N) is 2. The van der Waals surface area contributed by atoms with Crippen LogP contribution in [0, 0.1) is 5.41 Å². The van der Waals surface area contributed by atoms with Crippen LogP contribution in [-0.2, 0) is 6.54 Å². The molecule has 0 radical (unpaired) electrons. The van der Waals surface area contributed by atoms with Gasteiger partial charge in [-0.25, -0.2) is 9.78 Å². The van der Waals surface area contributed by atoms with Gasteiger partial charge in [0.1, 0.15) is 10.8 Å². The Morgan fingerprint density at radius 2 is 1.91 bits per heavy atom. The third-order valence-electron chi connectivity index (χ3n) is 3.32. The molecule has 116 valence electrons. The van der Waals surface area contributed by atoms with Crippen molar-refractivity contribution in [3.63, 3.8) is 0 Å². The van der Waals surface area contributed by atoms with Crippen LogP contribution in [0.15, 0.2) is 42.5 Å². The van der Waals surface area contributed by atoms with Gasteiger partial charge in [0.05, 0.1) is 22.3 Å². The van der Waals surface area contributed by atoms with Crippen molar-refractivity contribution in [1.29, 1.82) is 5.41 Å². The van der Waals surface area contributed by atoms with Crippen molar-refractivity contribution >= 4 is 39.0 Å². The lowest BCUT2D eigenvalue weighted by Crippen LogP contribution is -2.10. The molecule has 0 fully saturated rings. The van der Waals surface area contributed by atoms with Crippen LogP contribution in [0.3, 0.4) is 0 Å². The average molecular weight is 326 g/mol. The first-order valence-electron chi connectivity index (χ1n) is 6.84. The predicted octanol–water partition coefficient (Wildman–Crippen LogP) is 2.89. The Labute approximate surface area is 136 Å². The molecule has 0 aliphatic heterocycles. The second-order valence-electron chi connectivity index (χ2n) is 4.94. The number of hydrogen-bond acceptors (Lipinski definition) is 5. The molecule has 7 heteroatoms. The van der Waals surface area contributed by atoms with E-state index >= 15 is 0 Å². The van der Waals surface area contributed by atoms with Crippen molar-refractivity contribution < 1.29 is 9.90 Å². The molecule has 6 nitrogen and oxygen atoms in total. The second-order valence-corrected chi connectivity index (χ2v) is 6.06. The number of anilines is 1. The van der Waals surface area contributed by atoms with E-state index in [-0.39, 0.29) is 11.4 Å². The fraction of sp³-hybridized carbons (Fsp3) is 0.0625.